The molecule has 2 rings (SSSR count). The summed E-state index contributed by atoms with van der Waals surface area (Å²) in [6, 6.07) is 6.07. The van der Waals surface area contributed by atoms with Crippen molar-refractivity contribution in [3.8, 4) is 16.6 Å². The van der Waals surface area contributed by atoms with Gasteiger partial charge >= 0.3 is 0 Å². The molecule has 0 atom stereocenters. The van der Waals surface area contributed by atoms with Crippen LogP contribution in [-0.4, -0.2) is 15.0 Å². The third kappa shape index (κ3) is 2.53. The molecule has 2 aromatic rings. The molecule has 0 aromatic carbocycles. The third-order valence-corrected chi connectivity index (χ3v) is 3.39. The van der Waals surface area contributed by atoms with E-state index in [2.05, 4.69) is 30.2 Å². The fourth-order valence-electron chi connectivity index (χ4n) is 1.58. The Balaban J connectivity index is 2.34. The highest BCUT2D eigenvalue weighted by molar-refractivity contribution is 7.13. The van der Waals surface area contributed by atoms with Crippen LogP contribution in [-0.2, 0) is 6.54 Å². The second kappa shape index (κ2) is 5.11. The van der Waals surface area contributed by atoms with E-state index in [1.54, 1.807) is 11.3 Å². The molecule has 0 N–H and O–H groups in total. The lowest BCUT2D eigenvalue weighted by atomic mass is 10.1. The fraction of sp³-hybridized carbons (Fsp3) is 0.417. The highest BCUT2D eigenvalue weighted by Crippen LogP contribution is 2.26. The molecule has 0 spiro atoms. The average Bonchev–Trinajstić information content (AvgIpc) is 2.94. The Hall–Kier alpha value is -1.67. The number of hydrogen-bond acceptors (Lipinski definition) is 4. The second-order valence-corrected chi connectivity index (χ2v) is 5.23. The van der Waals surface area contributed by atoms with E-state index in [-0.39, 0.29) is 0 Å². The number of nitrogens with zero attached hydrogens (tertiary/aromatic N) is 4. The summed E-state index contributed by atoms with van der Waals surface area (Å²) in [6.07, 6.45) is 1.03. The molecule has 0 aliphatic heterocycles. The van der Waals surface area contributed by atoms with Gasteiger partial charge in [0.15, 0.2) is 5.69 Å². The van der Waals surface area contributed by atoms with E-state index >= 15 is 0 Å². The monoisotopic (exact) mass is 246 g/mol. The van der Waals surface area contributed by atoms with E-state index < -0.39 is 0 Å². The first-order valence-corrected chi connectivity index (χ1v) is 6.47. The lowest BCUT2D eigenvalue weighted by Crippen LogP contribution is -2.05. The molecule has 88 valence electrons. The third-order valence-electron chi connectivity index (χ3n) is 2.51. The van der Waals surface area contributed by atoms with Gasteiger partial charge < -0.3 is 0 Å². The molecule has 0 radical (unpaired) electrons. The van der Waals surface area contributed by atoms with E-state index in [1.807, 2.05) is 22.2 Å². The quantitative estimate of drug-likeness (QED) is 0.833. The number of thiophene rings is 1. The van der Waals surface area contributed by atoms with Crippen molar-refractivity contribution < 1.29 is 0 Å². The second-order valence-electron chi connectivity index (χ2n) is 4.28. The van der Waals surface area contributed by atoms with Gasteiger partial charge in [-0.05, 0) is 23.8 Å². The van der Waals surface area contributed by atoms with E-state index in [1.165, 1.54) is 0 Å². The number of aryl methyl sites for hydroxylation is 1. The number of nitriles is 1. The Morgan fingerprint density at radius 3 is 2.94 bits per heavy atom. The van der Waals surface area contributed by atoms with Gasteiger partial charge in [-0.1, -0.05) is 25.1 Å². The molecule has 0 aliphatic rings. The van der Waals surface area contributed by atoms with Crippen molar-refractivity contribution >= 4 is 11.3 Å². The zero-order chi connectivity index (χ0) is 12.3. The van der Waals surface area contributed by atoms with Gasteiger partial charge in [0.1, 0.15) is 11.8 Å². The molecule has 5 heteroatoms. The van der Waals surface area contributed by atoms with Crippen LogP contribution in [0.1, 0.15) is 26.0 Å². The van der Waals surface area contributed by atoms with E-state index in [4.69, 9.17) is 5.26 Å². The van der Waals surface area contributed by atoms with Gasteiger partial charge in [0.05, 0.1) is 4.88 Å². The van der Waals surface area contributed by atoms with Crippen LogP contribution in [0, 0.1) is 17.2 Å². The van der Waals surface area contributed by atoms with Gasteiger partial charge in [0.2, 0.25) is 0 Å². The maximum atomic E-state index is 9.05. The molecule has 2 aromatic heterocycles. The van der Waals surface area contributed by atoms with Gasteiger partial charge in [-0.3, -0.25) is 0 Å². The Kier molecular flexibility index (Phi) is 3.55. The van der Waals surface area contributed by atoms with Crippen molar-refractivity contribution in [2.24, 2.45) is 5.92 Å². The van der Waals surface area contributed by atoms with E-state index in [0.717, 1.165) is 23.5 Å². The topological polar surface area (TPSA) is 54.5 Å². The number of aromatic nitrogens is 3. The summed E-state index contributed by atoms with van der Waals surface area (Å²) in [5.74, 6) is 0.612. The molecular weight excluding hydrogens is 232 g/mol. The van der Waals surface area contributed by atoms with Gasteiger partial charge in [0, 0.05) is 6.54 Å². The lowest BCUT2D eigenvalue weighted by Gasteiger charge is -2.06. The smallest absolute Gasteiger partial charge is 0.191 e. The Morgan fingerprint density at radius 1 is 1.53 bits per heavy atom. The first kappa shape index (κ1) is 11.8. The summed E-state index contributed by atoms with van der Waals surface area (Å²) in [6.45, 7) is 5.15. The summed E-state index contributed by atoms with van der Waals surface area (Å²) in [5, 5.41) is 19.0. The minimum absolute atomic E-state index is 0.413. The van der Waals surface area contributed by atoms with Crippen LogP contribution in [0.15, 0.2) is 17.5 Å². The Morgan fingerprint density at radius 2 is 2.35 bits per heavy atom. The summed E-state index contributed by atoms with van der Waals surface area (Å²) < 4.78 is 1.84. The molecule has 0 fully saturated rings. The highest BCUT2D eigenvalue weighted by Gasteiger charge is 2.15. The van der Waals surface area contributed by atoms with Crippen LogP contribution in [0.5, 0.6) is 0 Å². The first-order chi connectivity index (χ1) is 8.22. The van der Waals surface area contributed by atoms with Crippen LogP contribution in [0.4, 0.5) is 0 Å². The zero-order valence-electron chi connectivity index (χ0n) is 9.92. The Bertz CT molecular complexity index is 519. The predicted octanol–water partition coefficient (Wildman–Crippen LogP) is 2.92. The summed E-state index contributed by atoms with van der Waals surface area (Å²) in [4.78, 5) is 1.05. The minimum Gasteiger partial charge on any atom is -0.242 e. The van der Waals surface area contributed by atoms with Crippen LogP contribution >= 0.6 is 11.3 Å². The van der Waals surface area contributed by atoms with Crippen molar-refractivity contribution in [3.05, 3.63) is 23.2 Å². The summed E-state index contributed by atoms with van der Waals surface area (Å²) in [7, 11) is 0. The lowest BCUT2D eigenvalue weighted by molar-refractivity contribution is 0.481. The van der Waals surface area contributed by atoms with Crippen LogP contribution in [0.3, 0.4) is 0 Å². The van der Waals surface area contributed by atoms with Crippen LogP contribution in [0.2, 0.25) is 0 Å². The van der Waals surface area contributed by atoms with Crippen molar-refractivity contribution in [1.29, 1.82) is 5.26 Å². The SMILES string of the molecule is CC(C)CCn1nnc(C#N)c1-c1cccs1. The summed E-state index contributed by atoms with van der Waals surface area (Å²) in [5.41, 5.74) is 1.26. The van der Waals surface area contributed by atoms with Gasteiger partial charge in [-0.25, -0.2) is 4.68 Å². The maximum absolute atomic E-state index is 9.05. The largest absolute Gasteiger partial charge is 0.242 e. The van der Waals surface area contributed by atoms with Gasteiger partial charge in [0.25, 0.3) is 0 Å². The Labute approximate surface area is 105 Å². The molecule has 0 saturated carbocycles. The number of rotatable bonds is 4. The molecule has 4 nitrogen and oxygen atoms in total. The van der Waals surface area contributed by atoms with Crippen molar-refractivity contribution in [1.82, 2.24) is 15.0 Å². The standard InChI is InChI=1S/C12H14N4S/c1-9(2)5-6-16-12(10(8-13)14-15-16)11-4-3-7-17-11/h3-4,7,9H,5-6H2,1-2H3. The van der Waals surface area contributed by atoms with Crippen LogP contribution in [0.25, 0.3) is 10.6 Å². The minimum atomic E-state index is 0.413. The highest BCUT2D eigenvalue weighted by atomic mass is 32.1. The molecule has 0 amide bonds. The molecule has 0 bridgehead atoms. The first-order valence-electron chi connectivity index (χ1n) is 5.60. The molecular formula is C12H14N4S. The van der Waals surface area contributed by atoms with E-state index in [9.17, 15) is 0 Å². The van der Waals surface area contributed by atoms with Gasteiger partial charge in [-0.2, -0.15) is 5.26 Å². The normalized spacial score (nSPS) is 10.7. The van der Waals surface area contributed by atoms with Gasteiger partial charge in [-0.15, -0.1) is 16.4 Å². The fourth-order valence-corrected chi connectivity index (χ4v) is 2.36. The van der Waals surface area contributed by atoms with Crippen LogP contribution < -0.4 is 0 Å². The molecule has 2 heterocycles. The van der Waals surface area contributed by atoms with Crippen molar-refractivity contribution in [2.45, 2.75) is 26.8 Å². The molecule has 0 saturated heterocycles. The molecule has 0 unspecified atom stereocenters. The maximum Gasteiger partial charge on any atom is 0.191 e. The predicted molar refractivity (Wildman–Crippen MR) is 67.5 cm³/mol. The molecule has 0 aliphatic carbocycles. The van der Waals surface area contributed by atoms with E-state index in [0.29, 0.717) is 11.6 Å². The summed E-state index contributed by atoms with van der Waals surface area (Å²) >= 11 is 1.61. The number of hydrogen-bond donors (Lipinski definition) is 0. The van der Waals surface area contributed by atoms with Crippen molar-refractivity contribution in [3.63, 3.8) is 0 Å². The van der Waals surface area contributed by atoms with Crippen molar-refractivity contribution in [2.75, 3.05) is 0 Å². The molecule has 17 heavy (non-hydrogen) atoms. The zero-order valence-corrected chi connectivity index (χ0v) is 10.7. The average molecular weight is 246 g/mol.